The van der Waals surface area contributed by atoms with E-state index in [1.807, 2.05) is 23.1 Å². The number of ether oxygens (including phenoxy) is 1. The Hall–Kier alpha value is -2.08. The maximum Gasteiger partial charge on any atom is 0.419 e. The summed E-state index contributed by atoms with van der Waals surface area (Å²) < 4.78 is 12.7. The molecular weight excluding hydrogens is 320 g/mol. The van der Waals surface area contributed by atoms with Crippen molar-refractivity contribution < 1.29 is 13.9 Å². The number of carbonyl (C=O) groups excluding carboxylic acids is 1. The molecule has 4 rings (SSSR count). The van der Waals surface area contributed by atoms with E-state index in [-0.39, 0.29) is 23.8 Å². The van der Waals surface area contributed by atoms with Crippen LogP contribution in [0.5, 0.6) is 0 Å². The molecule has 25 heavy (non-hydrogen) atoms. The summed E-state index contributed by atoms with van der Waals surface area (Å²) in [5.74, 6) is -0.173. The number of nitrogens with zero attached hydrogens (tertiary/aromatic N) is 2. The second-order valence-electron chi connectivity index (χ2n) is 6.94. The Balaban J connectivity index is 1.38. The number of fused-ring (bicyclic) bond motifs is 2. The van der Waals surface area contributed by atoms with Gasteiger partial charge in [0.05, 0.1) is 24.3 Å². The standard InChI is InChI=1S/C19H24N2O4/c22-18(20-12-13-24-16-8-3-1-6-14(16)20)10-5-11-21-15-7-2-4-9-17(15)25-19(21)23/h2,4,7,9,14,16H,1,3,5-6,8,10-13H2/t14-,16-/m1/s1. The van der Waals surface area contributed by atoms with Crippen LogP contribution in [0.15, 0.2) is 33.5 Å². The summed E-state index contributed by atoms with van der Waals surface area (Å²) in [7, 11) is 0. The minimum absolute atomic E-state index is 0.182. The molecule has 0 N–H and O–H groups in total. The Morgan fingerprint density at radius 3 is 2.96 bits per heavy atom. The van der Waals surface area contributed by atoms with Gasteiger partial charge in [-0.15, -0.1) is 0 Å². The van der Waals surface area contributed by atoms with Crippen LogP contribution in [-0.2, 0) is 16.1 Å². The van der Waals surface area contributed by atoms with Gasteiger partial charge < -0.3 is 14.1 Å². The topological polar surface area (TPSA) is 64.7 Å². The fourth-order valence-electron chi connectivity index (χ4n) is 4.16. The van der Waals surface area contributed by atoms with Crippen molar-refractivity contribution in [2.24, 2.45) is 0 Å². The van der Waals surface area contributed by atoms with E-state index in [1.54, 1.807) is 10.6 Å². The van der Waals surface area contributed by atoms with Gasteiger partial charge in [-0.05, 0) is 31.4 Å². The van der Waals surface area contributed by atoms with Gasteiger partial charge >= 0.3 is 5.76 Å². The molecule has 1 saturated carbocycles. The lowest BCUT2D eigenvalue weighted by Crippen LogP contribution is -2.54. The lowest BCUT2D eigenvalue weighted by Gasteiger charge is -2.43. The first-order valence-electron chi connectivity index (χ1n) is 9.23. The summed E-state index contributed by atoms with van der Waals surface area (Å²) in [6, 6.07) is 7.63. The molecule has 134 valence electrons. The number of aryl methyl sites for hydroxylation is 1. The van der Waals surface area contributed by atoms with Gasteiger partial charge in [-0.25, -0.2) is 4.79 Å². The van der Waals surface area contributed by atoms with Crippen LogP contribution in [0.2, 0.25) is 0 Å². The zero-order valence-corrected chi connectivity index (χ0v) is 14.4. The summed E-state index contributed by atoms with van der Waals surface area (Å²) >= 11 is 0. The molecule has 1 amide bonds. The summed E-state index contributed by atoms with van der Waals surface area (Å²) in [6.07, 6.45) is 5.77. The summed E-state index contributed by atoms with van der Waals surface area (Å²) in [4.78, 5) is 26.7. The fourth-order valence-corrected chi connectivity index (χ4v) is 4.16. The van der Waals surface area contributed by atoms with Crippen LogP contribution in [0.4, 0.5) is 0 Å². The molecule has 2 aromatic rings. The third kappa shape index (κ3) is 3.23. The van der Waals surface area contributed by atoms with Gasteiger partial charge in [-0.3, -0.25) is 9.36 Å². The lowest BCUT2D eigenvalue weighted by molar-refractivity contribution is -0.149. The highest BCUT2D eigenvalue weighted by atomic mass is 16.5. The van der Waals surface area contributed by atoms with Gasteiger partial charge in [0, 0.05) is 19.5 Å². The highest BCUT2D eigenvalue weighted by Crippen LogP contribution is 2.29. The molecular formula is C19H24N2O4. The third-order valence-electron chi connectivity index (χ3n) is 5.40. The fraction of sp³-hybridized carbons (Fsp3) is 0.579. The van der Waals surface area contributed by atoms with Crippen LogP contribution in [-0.4, -0.2) is 40.7 Å². The first-order chi connectivity index (χ1) is 12.2. The van der Waals surface area contributed by atoms with E-state index in [0.29, 0.717) is 38.1 Å². The number of aromatic nitrogens is 1. The quantitative estimate of drug-likeness (QED) is 0.855. The Morgan fingerprint density at radius 2 is 2.04 bits per heavy atom. The SMILES string of the molecule is O=C(CCCn1c(=O)oc2ccccc21)N1CCO[C@@H]2CCCC[C@H]21. The molecule has 2 atom stereocenters. The molecule has 1 aliphatic heterocycles. The molecule has 2 fully saturated rings. The van der Waals surface area contributed by atoms with Gasteiger partial charge in [0.25, 0.3) is 0 Å². The molecule has 6 heteroatoms. The van der Waals surface area contributed by atoms with E-state index in [0.717, 1.165) is 18.4 Å². The van der Waals surface area contributed by atoms with E-state index >= 15 is 0 Å². The molecule has 0 spiro atoms. The molecule has 1 aliphatic carbocycles. The van der Waals surface area contributed by atoms with Crippen LogP contribution in [0.3, 0.4) is 0 Å². The number of morpholine rings is 1. The van der Waals surface area contributed by atoms with E-state index < -0.39 is 0 Å². The second-order valence-corrected chi connectivity index (χ2v) is 6.94. The Kier molecular flexibility index (Phi) is 4.61. The second kappa shape index (κ2) is 7.04. The predicted molar refractivity (Wildman–Crippen MR) is 93.4 cm³/mol. The first-order valence-corrected chi connectivity index (χ1v) is 9.23. The summed E-state index contributed by atoms with van der Waals surface area (Å²) in [6.45, 7) is 1.83. The average Bonchev–Trinajstić information content (AvgIpc) is 2.96. The molecule has 0 bridgehead atoms. The van der Waals surface area contributed by atoms with Gasteiger partial charge in [-0.1, -0.05) is 25.0 Å². The third-order valence-corrected chi connectivity index (χ3v) is 5.40. The van der Waals surface area contributed by atoms with E-state index in [1.165, 1.54) is 12.8 Å². The number of benzene rings is 1. The zero-order valence-electron chi connectivity index (χ0n) is 14.4. The van der Waals surface area contributed by atoms with Crippen LogP contribution in [0, 0.1) is 0 Å². The normalized spacial score (nSPS) is 23.6. The predicted octanol–water partition coefficient (Wildman–Crippen LogP) is 2.54. The monoisotopic (exact) mass is 344 g/mol. The number of rotatable bonds is 4. The number of amides is 1. The van der Waals surface area contributed by atoms with Crippen molar-refractivity contribution in [3.8, 4) is 0 Å². The van der Waals surface area contributed by atoms with Crippen molar-refractivity contribution in [2.75, 3.05) is 13.2 Å². The van der Waals surface area contributed by atoms with Gasteiger partial charge in [0.15, 0.2) is 5.58 Å². The van der Waals surface area contributed by atoms with Crippen LogP contribution in [0.25, 0.3) is 11.1 Å². The smallest absolute Gasteiger partial charge is 0.408 e. The van der Waals surface area contributed by atoms with Crippen molar-refractivity contribution in [3.05, 3.63) is 34.8 Å². The van der Waals surface area contributed by atoms with E-state index in [2.05, 4.69) is 0 Å². The number of oxazole rings is 1. The van der Waals surface area contributed by atoms with Crippen LogP contribution in [0.1, 0.15) is 38.5 Å². The zero-order chi connectivity index (χ0) is 17.2. The largest absolute Gasteiger partial charge is 0.419 e. The van der Waals surface area contributed by atoms with Gasteiger partial charge in [-0.2, -0.15) is 0 Å². The average molecular weight is 344 g/mol. The number of para-hydroxylation sites is 2. The lowest BCUT2D eigenvalue weighted by atomic mass is 9.90. The Morgan fingerprint density at radius 1 is 1.20 bits per heavy atom. The van der Waals surface area contributed by atoms with Crippen molar-refractivity contribution in [2.45, 2.75) is 57.2 Å². The van der Waals surface area contributed by atoms with Crippen molar-refractivity contribution in [1.29, 1.82) is 0 Å². The number of carbonyl (C=O) groups is 1. The molecule has 2 heterocycles. The minimum Gasteiger partial charge on any atom is -0.408 e. The molecule has 1 aromatic heterocycles. The van der Waals surface area contributed by atoms with Crippen LogP contribution < -0.4 is 5.76 Å². The molecule has 1 saturated heterocycles. The van der Waals surface area contributed by atoms with Crippen molar-refractivity contribution >= 4 is 17.0 Å². The summed E-state index contributed by atoms with van der Waals surface area (Å²) in [5, 5.41) is 0. The van der Waals surface area contributed by atoms with Crippen molar-refractivity contribution in [3.63, 3.8) is 0 Å². The molecule has 2 aliphatic rings. The van der Waals surface area contributed by atoms with Gasteiger partial charge in [0.2, 0.25) is 5.91 Å². The highest BCUT2D eigenvalue weighted by molar-refractivity contribution is 5.77. The Bertz CT molecular complexity index is 807. The number of hydrogen-bond donors (Lipinski definition) is 0. The maximum atomic E-state index is 12.7. The molecule has 1 aromatic carbocycles. The van der Waals surface area contributed by atoms with E-state index in [4.69, 9.17) is 9.15 Å². The minimum atomic E-state index is -0.354. The first kappa shape index (κ1) is 16.4. The van der Waals surface area contributed by atoms with Gasteiger partial charge in [0.1, 0.15) is 0 Å². The molecule has 6 nitrogen and oxygen atoms in total. The molecule has 0 unspecified atom stereocenters. The highest BCUT2D eigenvalue weighted by Gasteiger charge is 2.36. The maximum absolute atomic E-state index is 12.7. The number of hydrogen-bond acceptors (Lipinski definition) is 4. The Labute approximate surface area is 146 Å². The van der Waals surface area contributed by atoms with Crippen LogP contribution >= 0.6 is 0 Å². The van der Waals surface area contributed by atoms with Crippen molar-refractivity contribution in [1.82, 2.24) is 9.47 Å². The van der Waals surface area contributed by atoms with E-state index in [9.17, 15) is 9.59 Å². The molecule has 0 radical (unpaired) electrons. The summed E-state index contributed by atoms with van der Waals surface area (Å²) in [5.41, 5.74) is 1.38.